The highest BCUT2D eigenvalue weighted by molar-refractivity contribution is 5.91. The van der Waals surface area contributed by atoms with Crippen molar-refractivity contribution in [3.63, 3.8) is 0 Å². The molecule has 12 heteroatoms. The predicted molar refractivity (Wildman–Crippen MR) is 147 cm³/mol. The molecule has 1 aliphatic heterocycles. The highest BCUT2D eigenvalue weighted by Gasteiger charge is 2.29. The molecule has 10 nitrogen and oxygen atoms in total. The van der Waals surface area contributed by atoms with Gasteiger partial charge in [0.2, 0.25) is 5.91 Å². The molecule has 2 heterocycles. The van der Waals surface area contributed by atoms with Gasteiger partial charge in [0, 0.05) is 58.3 Å². The molecule has 2 aromatic carbocycles. The number of aryl methyl sites for hydroxylation is 1. The lowest BCUT2D eigenvalue weighted by molar-refractivity contribution is -0.132. The van der Waals surface area contributed by atoms with E-state index in [1.165, 1.54) is 18.2 Å². The van der Waals surface area contributed by atoms with Crippen molar-refractivity contribution in [3.05, 3.63) is 54.4 Å². The number of nitrogens with two attached hydrogens (primary N) is 1. The van der Waals surface area contributed by atoms with E-state index in [-0.39, 0.29) is 36.2 Å². The van der Waals surface area contributed by atoms with Crippen LogP contribution < -0.4 is 21.1 Å². The summed E-state index contributed by atoms with van der Waals surface area (Å²) in [6.07, 6.45) is 2.71. The van der Waals surface area contributed by atoms with Crippen LogP contribution in [0.3, 0.4) is 0 Å². The second-order valence-electron chi connectivity index (χ2n) is 9.81. The van der Waals surface area contributed by atoms with Crippen LogP contribution in [-0.4, -0.2) is 72.4 Å². The van der Waals surface area contributed by atoms with Crippen molar-refractivity contribution in [3.8, 4) is 5.75 Å². The van der Waals surface area contributed by atoms with Gasteiger partial charge in [-0.1, -0.05) is 24.3 Å². The fourth-order valence-corrected chi connectivity index (χ4v) is 5.01. The Morgan fingerprint density at radius 2 is 1.95 bits per heavy atom. The minimum Gasteiger partial charge on any atom is -0.433 e. The maximum Gasteiger partial charge on any atom is 0.387 e. The Morgan fingerprint density at radius 1 is 1.18 bits per heavy atom. The van der Waals surface area contributed by atoms with Gasteiger partial charge in [0.15, 0.2) is 0 Å². The average Bonchev–Trinajstić information content (AvgIpc) is 3.31. The van der Waals surface area contributed by atoms with Crippen molar-refractivity contribution in [2.45, 2.75) is 50.8 Å². The van der Waals surface area contributed by atoms with Gasteiger partial charge in [-0.3, -0.25) is 4.79 Å². The molecule has 40 heavy (non-hydrogen) atoms. The molecule has 4 rings (SSSR count). The lowest BCUT2D eigenvalue weighted by Gasteiger charge is -2.33. The number of nitrogens with one attached hydrogen (secondary N) is 2. The Morgan fingerprint density at radius 3 is 2.75 bits per heavy atom. The number of carbonyl (C=O) groups is 2. The number of hydrogen-bond acceptors (Lipinski definition) is 6. The lowest BCUT2D eigenvalue weighted by Crippen LogP contribution is -2.45. The molecule has 0 aliphatic carbocycles. The number of rotatable bonds is 12. The SMILES string of the molecule is COCCCn1c([C@@H]2CCCN(C(=O)C[C@H](N)CNC(=O)Nc3ccccc3OC(F)F)C2)nc2ccccc21. The molecule has 0 bridgehead atoms. The highest BCUT2D eigenvalue weighted by Crippen LogP contribution is 2.30. The number of methoxy groups -OCH3 is 1. The number of piperidine rings is 1. The number of fused-ring (bicyclic) bond motifs is 1. The highest BCUT2D eigenvalue weighted by atomic mass is 19.3. The van der Waals surface area contributed by atoms with Gasteiger partial charge in [0.25, 0.3) is 0 Å². The summed E-state index contributed by atoms with van der Waals surface area (Å²) in [6, 6.07) is 12.7. The van der Waals surface area contributed by atoms with Crippen LogP contribution in [0.1, 0.15) is 37.4 Å². The quantitative estimate of drug-likeness (QED) is 0.290. The zero-order valence-electron chi connectivity index (χ0n) is 22.5. The van der Waals surface area contributed by atoms with Crippen LogP contribution in [0.15, 0.2) is 48.5 Å². The normalized spacial score (nSPS) is 16.2. The number of carbonyl (C=O) groups excluding carboxylic acids is 2. The summed E-state index contributed by atoms with van der Waals surface area (Å²) in [4.78, 5) is 32.2. The van der Waals surface area contributed by atoms with E-state index in [4.69, 9.17) is 15.5 Å². The number of anilines is 1. The van der Waals surface area contributed by atoms with Crippen LogP contribution in [-0.2, 0) is 16.1 Å². The summed E-state index contributed by atoms with van der Waals surface area (Å²) >= 11 is 0. The van der Waals surface area contributed by atoms with Crippen LogP contribution >= 0.6 is 0 Å². The first-order valence-corrected chi connectivity index (χ1v) is 13.4. The molecule has 0 saturated carbocycles. The molecule has 216 valence electrons. The summed E-state index contributed by atoms with van der Waals surface area (Å²) in [7, 11) is 1.69. The van der Waals surface area contributed by atoms with Gasteiger partial charge in [-0.25, -0.2) is 9.78 Å². The number of halogens is 2. The summed E-state index contributed by atoms with van der Waals surface area (Å²) in [5.41, 5.74) is 8.27. The number of likely N-dealkylation sites (tertiary alicyclic amines) is 1. The van der Waals surface area contributed by atoms with E-state index in [1.54, 1.807) is 13.2 Å². The van der Waals surface area contributed by atoms with E-state index in [0.717, 1.165) is 42.7 Å². The van der Waals surface area contributed by atoms with Crippen molar-refractivity contribution < 1.29 is 27.8 Å². The van der Waals surface area contributed by atoms with Crippen LogP contribution in [0.25, 0.3) is 11.0 Å². The number of nitrogens with zero attached hydrogens (tertiary/aromatic N) is 3. The zero-order valence-corrected chi connectivity index (χ0v) is 22.5. The van der Waals surface area contributed by atoms with Crippen LogP contribution in [0, 0.1) is 0 Å². The predicted octanol–water partition coefficient (Wildman–Crippen LogP) is 3.92. The van der Waals surface area contributed by atoms with Crippen molar-refractivity contribution in [2.24, 2.45) is 5.73 Å². The van der Waals surface area contributed by atoms with Crippen molar-refractivity contribution in [2.75, 3.05) is 38.7 Å². The van der Waals surface area contributed by atoms with Crippen molar-refractivity contribution in [1.29, 1.82) is 0 Å². The number of urea groups is 1. The van der Waals surface area contributed by atoms with Gasteiger partial charge in [-0.2, -0.15) is 8.78 Å². The summed E-state index contributed by atoms with van der Waals surface area (Å²) < 4.78 is 37.1. The third-order valence-corrected chi connectivity index (χ3v) is 6.87. The van der Waals surface area contributed by atoms with Crippen LogP contribution in [0.5, 0.6) is 5.75 Å². The van der Waals surface area contributed by atoms with E-state index in [9.17, 15) is 18.4 Å². The average molecular weight is 559 g/mol. The molecule has 3 aromatic rings. The first-order valence-electron chi connectivity index (χ1n) is 13.4. The number of hydrogen-bond donors (Lipinski definition) is 3. The third-order valence-electron chi connectivity index (χ3n) is 6.87. The van der Waals surface area contributed by atoms with E-state index < -0.39 is 18.7 Å². The molecule has 1 aromatic heterocycles. The Bertz CT molecular complexity index is 1290. The monoisotopic (exact) mass is 558 g/mol. The number of ether oxygens (including phenoxy) is 2. The van der Waals surface area contributed by atoms with Gasteiger partial charge in [0.1, 0.15) is 11.6 Å². The minimum absolute atomic E-state index is 0.0298. The smallest absolute Gasteiger partial charge is 0.387 e. The van der Waals surface area contributed by atoms with E-state index >= 15 is 0 Å². The molecule has 2 atom stereocenters. The molecule has 0 spiro atoms. The number of alkyl halides is 2. The molecule has 1 saturated heterocycles. The van der Waals surface area contributed by atoms with E-state index in [1.807, 2.05) is 23.1 Å². The second kappa shape index (κ2) is 14.0. The summed E-state index contributed by atoms with van der Waals surface area (Å²) in [5.74, 6) is 0.841. The number of para-hydroxylation sites is 4. The minimum atomic E-state index is -3.02. The topological polar surface area (TPSA) is 124 Å². The molecular formula is C28H36F2N6O4. The molecular weight excluding hydrogens is 522 g/mol. The Kier molecular flexibility index (Phi) is 10.3. The van der Waals surface area contributed by atoms with Gasteiger partial charge >= 0.3 is 12.6 Å². The standard InChI is InChI=1S/C28H36F2N6O4/c1-39-15-7-14-36-23-11-4-2-9-21(23)33-26(36)19-8-6-13-35(18-19)25(37)16-20(31)17-32-28(38)34-22-10-3-5-12-24(22)40-27(29)30/h2-5,9-12,19-20,27H,6-8,13-18,31H2,1H3,(H2,32,34,38)/t19-,20+/m1/s1. The maximum absolute atomic E-state index is 13.1. The number of aromatic nitrogens is 2. The fourth-order valence-electron chi connectivity index (χ4n) is 5.01. The van der Waals surface area contributed by atoms with Gasteiger partial charge in [0.05, 0.1) is 16.7 Å². The van der Waals surface area contributed by atoms with Crippen molar-refractivity contribution >= 4 is 28.7 Å². The Hall–Kier alpha value is -3.77. The Balaban J connectivity index is 1.31. The summed E-state index contributed by atoms with van der Waals surface area (Å²) in [6.45, 7) is -0.363. The molecule has 1 aliphatic rings. The maximum atomic E-state index is 13.1. The van der Waals surface area contributed by atoms with Crippen LogP contribution in [0.4, 0.5) is 19.3 Å². The number of imidazole rings is 1. The molecule has 4 N–H and O–H groups in total. The lowest BCUT2D eigenvalue weighted by atomic mass is 9.96. The molecule has 1 fully saturated rings. The fraction of sp³-hybridized carbons (Fsp3) is 0.464. The van der Waals surface area contributed by atoms with Crippen LogP contribution in [0.2, 0.25) is 0 Å². The molecule has 0 radical (unpaired) electrons. The Labute approximate surface area is 231 Å². The van der Waals surface area contributed by atoms with E-state index in [0.29, 0.717) is 19.7 Å². The molecule has 3 amide bonds. The van der Waals surface area contributed by atoms with Gasteiger partial charge in [-0.05, 0) is 43.5 Å². The van der Waals surface area contributed by atoms with E-state index in [2.05, 4.69) is 26.0 Å². The largest absolute Gasteiger partial charge is 0.433 e. The second-order valence-corrected chi connectivity index (χ2v) is 9.81. The first-order chi connectivity index (χ1) is 19.4. The molecule has 0 unspecified atom stereocenters. The number of amides is 3. The van der Waals surface area contributed by atoms with Crippen molar-refractivity contribution in [1.82, 2.24) is 19.8 Å². The van der Waals surface area contributed by atoms with Gasteiger partial charge in [-0.15, -0.1) is 0 Å². The zero-order chi connectivity index (χ0) is 28.5. The first kappa shape index (κ1) is 29.2. The summed E-state index contributed by atoms with van der Waals surface area (Å²) in [5, 5.41) is 5.06. The third kappa shape index (κ3) is 7.66. The number of benzene rings is 2. The van der Waals surface area contributed by atoms with Gasteiger partial charge < -0.3 is 35.3 Å².